The van der Waals surface area contributed by atoms with E-state index in [-0.39, 0.29) is 72.9 Å². The second kappa shape index (κ2) is 9.69. The normalized spacial score (nSPS) is 12.1. The van der Waals surface area contributed by atoms with Crippen LogP contribution in [0.25, 0.3) is 0 Å². The Kier molecular flexibility index (Phi) is 9.45. The molecule has 9 heteroatoms. The fraction of sp³-hybridized carbons (Fsp3) is 0.556. The van der Waals surface area contributed by atoms with E-state index in [1.54, 1.807) is 0 Å². The second-order valence-electron chi connectivity index (χ2n) is 8.49. The van der Waals surface area contributed by atoms with Gasteiger partial charge in [0.2, 0.25) is 0 Å². The van der Waals surface area contributed by atoms with E-state index < -0.39 is 27.0 Å². The molecular weight excluding hydrogens is 400 g/mol. The zero-order valence-electron chi connectivity index (χ0n) is 16.0. The predicted molar refractivity (Wildman–Crippen MR) is 104 cm³/mol. The van der Waals surface area contributed by atoms with Crippen molar-refractivity contribution in [3.05, 3.63) is 29.3 Å². The molecule has 1 aromatic carbocycles. The molecule has 150 valence electrons. The Morgan fingerprint density at radius 2 is 1.19 bits per heavy atom. The molecule has 0 atom stereocenters. The second-order valence-corrected chi connectivity index (χ2v) is 9.92. The Labute approximate surface area is 190 Å². The Bertz CT molecular complexity index is 739. The monoisotopic (exact) mass is 428 g/mol. The molecule has 0 fully saturated rings. The molecule has 1 aromatic rings. The molecule has 0 radical (unpaired) electrons. The van der Waals surface area contributed by atoms with Gasteiger partial charge in [0, 0.05) is 0 Å². The van der Waals surface area contributed by atoms with Crippen LogP contribution in [0.4, 0.5) is 0 Å². The van der Waals surface area contributed by atoms with Crippen LogP contribution in [0.5, 0.6) is 0 Å². The molecule has 0 aromatic heterocycles. The SMILES string of the molecule is CC(C)(C)COC(=O)c1cc(C(=O)OCC(C)(C)C)cc(S(=O)(=O)O)c1.[CaH2]. The Morgan fingerprint density at radius 1 is 0.852 bits per heavy atom. The molecule has 0 saturated heterocycles. The molecule has 1 rings (SSSR count). The first-order valence-electron chi connectivity index (χ1n) is 8.05. The van der Waals surface area contributed by atoms with Crippen molar-refractivity contribution in [1.82, 2.24) is 0 Å². The fourth-order valence-electron chi connectivity index (χ4n) is 1.71. The molecule has 1 N–H and O–H groups in total. The van der Waals surface area contributed by atoms with Crippen LogP contribution >= 0.6 is 0 Å². The Morgan fingerprint density at radius 3 is 1.44 bits per heavy atom. The van der Waals surface area contributed by atoms with Gasteiger partial charge in [-0.15, -0.1) is 0 Å². The van der Waals surface area contributed by atoms with Gasteiger partial charge in [0.25, 0.3) is 10.1 Å². The van der Waals surface area contributed by atoms with Gasteiger partial charge < -0.3 is 9.47 Å². The van der Waals surface area contributed by atoms with Crippen molar-refractivity contribution < 1.29 is 32.0 Å². The summed E-state index contributed by atoms with van der Waals surface area (Å²) >= 11 is 0. The maximum atomic E-state index is 12.2. The number of ether oxygens (including phenoxy) is 2. The summed E-state index contributed by atoms with van der Waals surface area (Å²) in [4.78, 5) is 23.8. The number of carbonyl (C=O) groups is 2. The fourth-order valence-corrected chi connectivity index (χ4v) is 2.27. The van der Waals surface area contributed by atoms with Crippen molar-refractivity contribution in [2.75, 3.05) is 13.2 Å². The Hall–Kier alpha value is -0.670. The van der Waals surface area contributed by atoms with Gasteiger partial charge in [0.15, 0.2) is 0 Å². The molecule has 7 nitrogen and oxygen atoms in total. The molecule has 0 bridgehead atoms. The summed E-state index contributed by atoms with van der Waals surface area (Å²) in [7, 11) is -4.62. The first-order chi connectivity index (χ1) is 11.6. The van der Waals surface area contributed by atoms with Crippen LogP contribution in [-0.4, -0.2) is 75.9 Å². The van der Waals surface area contributed by atoms with Crippen LogP contribution in [0.3, 0.4) is 0 Å². The van der Waals surface area contributed by atoms with Crippen LogP contribution in [0.2, 0.25) is 0 Å². The molecule has 0 amide bonds. The summed E-state index contributed by atoms with van der Waals surface area (Å²) in [6, 6.07) is 3.10. The zero-order chi connectivity index (χ0) is 20.3. The molecule has 0 spiro atoms. The third-order valence-corrected chi connectivity index (χ3v) is 3.78. The van der Waals surface area contributed by atoms with E-state index in [2.05, 4.69) is 0 Å². The average Bonchev–Trinajstić information content (AvgIpc) is 2.47. The first-order valence-corrected chi connectivity index (χ1v) is 9.49. The van der Waals surface area contributed by atoms with Gasteiger partial charge in [-0.1, -0.05) is 41.5 Å². The van der Waals surface area contributed by atoms with Gasteiger partial charge >= 0.3 is 49.7 Å². The molecule has 0 saturated carbocycles. The van der Waals surface area contributed by atoms with Crippen molar-refractivity contribution >= 4 is 59.8 Å². The van der Waals surface area contributed by atoms with E-state index in [9.17, 15) is 22.6 Å². The van der Waals surface area contributed by atoms with E-state index in [0.29, 0.717) is 0 Å². The number of rotatable bonds is 5. The minimum absolute atomic E-state index is 0. The third-order valence-electron chi connectivity index (χ3n) is 2.95. The summed E-state index contributed by atoms with van der Waals surface area (Å²) in [5.74, 6) is -1.59. The van der Waals surface area contributed by atoms with Crippen molar-refractivity contribution in [1.29, 1.82) is 0 Å². The van der Waals surface area contributed by atoms with Gasteiger partial charge in [0.05, 0.1) is 29.2 Å². The molecule has 0 heterocycles. The Balaban J connectivity index is 0.00000676. The van der Waals surface area contributed by atoms with Gasteiger partial charge in [-0.3, -0.25) is 4.55 Å². The van der Waals surface area contributed by atoms with Crippen LogP contribution < -0.4 is 0 Å². The van der Waals surface area contributed by atoms with Crippen molar-refractivity contribution in [3.63, 3.8) is 0 Å². The summed E-state index contributed by atoms with van der Waals surface area (Å²) in [5, 5.41) is 0. The van der Waals surface area contributed by atoms with Crippen molar-refractivity contribution in [2.45, 2.75) is 46.4 Å². The average molecular weight is 429 g/mol. The standard InChI is InChI=1S/C18H26O7S.Ca.2H/c1-17(2,3)10-24-15(19)12-7-13(9-14(8-12)26(21,22)23)16(20)25-11-18(4,5)6;;;/h7-9H,10-11H2,1-6H3,(H,21,22,23);;;. The van der Waals surface area contributed by atoms with E-state index in [4.69, 9.17) is 9.47 Å². The molecule has 0 aliphatic heterocycles. The van der Waals surface area contributed by atoms with E-state index in [1.807, 2.05) is 41.5 Å². The van der Waals surface area contributed by atoms with Gasteiger partial charge in [-0.25, -0.2) is 9.59 Å². The quantitative estimate of drug-likeness (QED) is 0.436. The molecule has 0 aliphatic rings. The van der Waals surface area contributed by atoms with Gasteiger partial charge in [-0.2, -0.15) is 8.42 Å². The molecule has 27 heavy (non-hydrogen) atoms. The number of esters is 2. The predicted octanol–water partition coefficient (Wildman–Crippen LogP) is 2.42. The number of hydrogen-bond donors (Lipinski definition) is 1. The molecule has 0 aliphatic carbocycles. The van der Waals surface area contributed by atoms with Crippen LogP contribution in [0, 0.1) is 10.8 Å². The zero-order valence-corrected chi connectivity index (χ0v) is 16.8. The number of benzene rings is 1. The van der Waals surface area contributed by atoms with Crippen molar-refractivity contribution in [3.8, 4) is 0 Å². The minimum atomic E-state index is -4.62. The molecule has 0 unspecified atom stereocenters. The summed E-state index contributed by atoms with van der Waals surface area (Å²) < 4.78 is 42.5. The van der Waals surface area contributed by atoms with E-state index in [1.165, 1.54) is 6.07 Å². The summed E-state index contributed by atoms with van der Waals surface area (Å²) in [6.07, 6.45) is 0. The third kappa shape index (κ3) is 9.89. The number of carbonyl (C=O) groups excluding carboxylic acids is 2. The van der Waals surface area contributed by atoms with Crippen LogP contribution in [-0.2, 0) is 19.6 Å². The van der Waals surface area contributed by atoms with Crippen molar-refractivity contribution in [2.24, 2.45) is 10.8 Å². The number of hydrogen-bond acceptors (Lipinski definition) is 6. The van der Waals surface area contributed by atoms with Crippen LogP contribution in [0.1, 0.15) is 62.3 Å². The maximum absolute atomic E-state index is 12.2. The molecular formula is C18H28CaO7S. The topological polar surface area (TPSA) is 107 Å². The van der Waals surface area contributed by atoms with E-state index in [0.717, 1.165) is 12.1 Å². The van der Waals surface area contributed by atoms with Gasteiger partial charge in [-0.05, 0) is 29.0 Å². The summed E-state index contributed by atoms with van der Waals surface area (Å²) in [5.41, 5.74) is -0.894. The van der Waals surface area contributed by atoms with Crippen LogP contribution in [0.15, 0.2) is 23.1 Å². The van der Waals surface area contributed by atoms with E-state index >= 15 is 0 Å². The van der Waals surface area contributed by atoms with Gasteiger partial charge in [0.1, 0.15) is 0 Å². The first kappa shape index (κ1) is 26.3. The summed E-state index contributed by atoms with van der Waals surface area (Å²) in [6.45, 7) is 11.4.